The fraction of sp³-hybridized carbons (Fsp3) is 0.316. The van der Waals surface area contributed by atoms with Gasteiger partial charge in [0.1, 0.15) is 5.82 Å². The molecule has 0 aliphatic heterocycles. The number of carbonyl (C=O) groups excluding carboxylic acids is 1. The Morgan fingerprint density at radius 3 is 2.42 bits per heavy atom. The van der Waals surface area contributed by atoms with Crippen molar-refractivity contribution in [3.8, 4) is 0 Å². The lowest BCUT2D eigenvalue weighted by molar-refractivity contribution is 0.0937. The van der Waals surface area contributed by atoms with Crippen LogP contribution >= 0.6 is 0 Å². The molecule has 1 amide bonds. The Morgan fingerprint density at radius 2 is 1.81 bits per heavy atom. The Bertz CT molecular complexity index is 880. The minimum atomic E-state index is -3.89. The smallest absolute Gasteiger partial charge is 0.261 e. The van der Waals surface area contributed by atoms with Crippen molar-refractivity contribution < 1.29 is 17.6 Å². The maximum Gasteiger partial charge on any atom is 0.261 e. The third-order valence-corrected chi connectivity index (χ3v) is 5.34. The van der Waals surface area contributed by atoms with E-state index in [1.165, 1.54) is 36.4 Å². The summed E-state index contributed by atoms with van der Waals surface area (Å²) in [7, 11) is -3.89. The average molecular weight is 378 g/mol. The second kappa shape index (κ2) is 8.31. The van der Waals surface area contributed by atoms with Gasteiger partial charge in [-0.25, -0.2) is 12.8 Å². The van der Waals surface area contributed by atoms with Gasteiger partial charge in [-0.2, -0.15) is 0 Å². The lowest BCUT2D eigenvalue weighted by atomic mass is 10.1. The van der Waals surface area contributed by atoms with Gasteiger partial charge in [0.15, 0.2) is 0 Å². The van der Waals surface area contributed by atoms with Crippen molar-refractivity contribution in [3.05, 3.63) is 59.4 Å². The molecule has 5 nitrogen and oxygen atoms in total. The number of anilines is 1. The number of amides is 1. The van der Waals surface area contributed by atoms with E-state index in [1.54, 1.807) is 13.0 Å². The summed E-state index contributed by atoms with van der Waals surface area (Å²) in [4.78, 5) is 12.4. The summed E-state index contributed by atoms with van der Waals surface area (Å²) in [5.41, 5.74) is 1.25. The molecule has 0 radical (unpaired) electrons. The molecule has 0 saturated carbocycles. The Kier molecular flexibility index (Phi) is 6.37. The summed E-state index contributed by atoms with van der Waals surface area (Å²) in [6, 6.07) is 9.40. The predicted octanol–water partition coefficient (Wildman–Crippen LogP) is 3.85. The van der Waals surface area contributed by atoms with Crippen LogP contribution in [0.5, 0.6) is 0 Å². The lowest BCUT2D eigenvalue weighted by Crippen LogP contribution is -2.33. The van der Waals surface area contributed by atoms with Crippen LogP contribution in [-0.2, 0) is 10.0 Å². The molecule has 26 heavy (non-hydrogen) atoms. The first-order valence-electron chi connectivity index (χ1n) is 8.43. The van der Waals surface area contributed by atoms with E-state index in [0.717, 1.165) is 12.8 Å². The molecule has 0 unspecified atom stereocenters. The summed E-state index contributed by atoms with van der Waals surface area (Å²) in [5.74, 6) is -0.759. The molecule has 2 N–H and O–H groups in total. The fourth-order valence-electron chi connectivity index (χ4n) is 2.55. The molecule has 0 saturated heterocycles. The molecule has 0 bridgehead atoms. The number of benzene rings is 2. The summed E-state index contributed by atoms with van der Waals surface area (Å²) in [5, 5.41) is 2.88. The number of hydrogen-bond donors (Lipinski definition) is 2. The number of carbonyl (C=O) groups is 1. The molecule has 2 aromatic rings. The Balaban J connectivity index is 2.26. The molecule has 0 aliphatic carbocycles. The van der Waals surface area contributed by atoms with E-state index >= 15 is 0 Å². The Hall–Kier alpha value is -2.41. The Morgan fingerprint density at radius 1 is 1.15 bits per heavy atom. The number of nitrogens with one attached hydrogen (secondary N) is 2. The summed E-state index contributed by atoms with van der Waals surface area (Å²) in [6.07, 6.45) is 1.78. The maximum atomic E-state index is 13.0. The number of rotatable bonds is 7. The molecule has 7 heteroatoms. The van der Waals surface area contributed by atoms with E-state index in [4.69, 9.17) is 0 Å². The van der Waals surface area contributed by atoms with Gasteiger partial charge in [0.25, 0.3) is 15.9 Å². The van der Waals surface area contributed by atoms with Gasteiger partial charge in [-0.15, -0.1) is 0 Å². The second-order valence-corrected chi connectivity index (χ2v) is 7.93. The monoisotopic (exact) mass is 378 g/mol. The van der Waals surface area contributed by atoms with Crippen LogP contribution in [0.1, 0.15) is 42.6 Å². The third kappa shape index (κ3) is 5.05. The van der Waals surface area contributed by atoms with Gasteiger partial charge in [-0.3, -0.25) is 9.52 Å². The van der Waals surface area contributed by atoms with Gasteiger partial charge in [0.2, 0.25) is 0 Å². The zero-order valence-corrected chi connectivity index (χ0v) is 15.9. The van der Waals surface area contributed by atoms with Crippen molar-refractivity contribution in [1.82, 2.24) is 5.32 Å². The fourth-order valence-corrected chi connectivity index (χ4v) is 3.64. The van der Waals surface area contributed by atoms with E-state index in [2.05, 4.69) is 10.0 Å². The van der Waals surface area contributed by atoms with Gasteiger partial charge < -0.3 is 5.32 Å². The standard InChI is InChI=1S/C19H23FN2O3S/c1-4-5-14(3)21-19(23)18-12-17(11-6-13(18)2)26(24,25)22-16-9-7-15(20)8-10-16/h6-12,14,22H,4-5H2,1-3H3,(H,21,23)/t14-/m1/s1. The SMILES string of the molecule is CCC[C@@H](C)NC(=O)c1cc(S(=O)(=O)Nc2ccc(F)cc2)ccc1C. The van der Waals surface area contributed by atoms with Gasteiger partial charge >= 0.3 is 0 Å². The van der Waals surface area contributed by atoms with E-state index < -0.39 is 15.8 Å². The number of aryl methyl sites for hydroxylation is 1. The predicted molar refractivity (Wildman–Crippen MR) is 100 cm³/mol. The van der Waals surface area contributed by atoms with Crippen LogP contribution < -0.4 is 10.0 Å². The molecule has 0 fully saturated rings. The first-order valence-corrected chi connectivity index (χ1v) is 9.91. The largest absolute Gasteiger partial charge is 0.350 e. The highest BCUT2D eigenvalue weighted by molar-refractivity contribution is 7.92. The summed E-state index contributed by atoms with van der Waals surface area (Å²) in [6.45, 7) is 5.69. The lowest BCUT2D eigenvalue weighted by Gasteiger charge is -2.15. The highest BCUT2D eigenvalue weighted by atomic mass is 32.2. The van der Waals surface area contributed by atoms with Crippen molar-refractivity contribution in [2.75, 3.05) is 4.72 Å². The quantitative estimate of drug-likeness (QED) is 0.768. The molecular weight excluding hydrogens is 355 g/mol. The maximum absolute atomic E-state index is 13.0. The molecule has 2 aromatic carbocycles. The minimum absolute atomic E-state index is 0.00417. The number of halogens is 1. The van der Waals surface area contributed by atoms with E-state index in [1.807, 2.05) is 13.8 Å². The molecule has 0 aliphatic rings. The van der Waals surface area contributed by atoms with Crippen molar-refractivity contribution >= 4 is 21.6 Å². The van der Waals surface area contributed by atoms with Crippen LogP contribution in [0, 0.1) is 12.7 Å². The van der Waals surface area contributed by atoms with Gasteiger partial charge in [0.05, 0.1) is 4.90 Å². The van der Waals surface area contributed by atoms with E-state index in [0.29, 0.717) is 11.1 Å². The highest BCUT2D eigenvalue weighted by Gasteiger charge is 2.19. The van der Waals surface area contributed by atoms with Crippen LogP contribution in [0.4, 0.5) is 10.1 Å². The topological polar surface area (TPSA) is 75.3 Å². The molecule has 2 rings (SSSR count). The van der Waals surface area contributed by atoms with Crippen LogP contribution in [0.2, 0.25) is 0 Å². The van der Waals surface area contributed by atoms with Gasteiger partial charge in [-0.05, 0) is 62.2 Å². The zero-order valence-electron chi connectivity index (χ0n) is 15.0. The first kappa shape index (κ1) is 19.9. The molecule has 140 valence electrons. The number of hydrogen-bond acceptors (Lipinski definition) is 3. The van der Waals surface area contributed by atoms with E-state index in [-0.39, 0.29) is 22.5 Å². The zero-order chi connectivity index (χ0) is 19.3. The highest BCUT2D eigenvalue weighted by Crippen LogP contribution is 2.20. The molecular formula is C19H23FN2O3S. The van der Waals surface area contributed by atoms with Crippen LogP contribution in [0.3, 0.4) is 0 Å². The molecule has 0 spiro atoms. The number of sulfonamides is 1. The molecule has 0 aromatic heterocycles. The third-order valence-electron chi connectivity index (χ3n) is 3.96. The van der Waals surface area contributed by atoms with Crippen LogP contribution in [0.25, 0.3) is 0 Å². The van der Waals surface area contributed by atoms with Crippen molar-refractivity contribution in [1.29, 1.82) is 0 Å². The molecule has 1 atom stereocenters. The van der Waals surface area contributed by atoms with Crippen molar-refractivity contribution in [3.63, 3.8) is 0 Å². The van der Waals surface area contributed by atoms with Crippen LogP contribution in [-0.4, -0.2) is 20.4 Å². The molecule has 0 heterocycles. The van der Waals surface area contributed by atoms with Crippen molar-refractivity contribution in [2.45, 2.75) is 44.6 Å². The van der Waals surface area contributed by atoms with Crippen LogP contribution in [0.15, 0.2) is 47.4 Å². The first-order chi connectivity index (χ1) is 12.2. The van der Waals surface area contributed by atoms with Gasteiger partial charge in [0, 0.05) is 17.3 Å². The summed E-state index contributed by atoms with van der Waals surface area (Å²) < 4.78 is 40.5. The van der Waals surface area contributed by atoms with E-state index in [9.17, 15) is 17.6 Å². The van der Waals surface area contributed by atoms with Crippen molar-refractivity contribution in [2.24, 2.45) is 0 Å². The van der Waals surface area contributed by atoms with Gasteiger partial charge in [-0.1, -0.05) is 19.4 Å². The normalized spacial score (nSPS) is 12.5. The minimum Gasteiger partial charge on any atom is -0.350 e. The Labute approximate surface area is 153 Å². The average Bonchev–Trinajstić information content (AvgIpc) is 2.57. The summed E-state index contributed by atoms with van der Waals surface area (Å²) >= 11 is 0. The second-order valence-electron chi connectivity index (χ2n) is 6.25.